The Morgan fingerprint density at radius 2 is 1.38 bits per heavy atom. The van der Waals surface area contributed by atoms with Crippen LogP contribution in [-0.2, 0) is 4.79 Å². The van der Waals surface area contributed by atoms with Crippen LogP contribution in [0, 0.1) is 0 Å². The monoisotopic (exact) mass is 403 g/mol. The summed E-state index contributed by atoms with van der Waals surface area (Å²) < 4.78 is 0. The summed E-state index contributed by atoms with van der Waals surface area (Å²) in [6, 6.07) is 25.4. The first-order chi connectivity index (χ1) is 14.3. The van der Waals surface area contributed by atoms with Crippen LogP contribution in [0.15, 0.2) is 90.1 Å². The van der Waals surface area contributed by atoms with Crippen LogP contribution >= 0.6 is 11.8 Å². The second-order valence-electron chi connectivity index (χ2n) is 7.11. The second-order valence-corrected chi connectivity index (χ2v) is 8.16. The van der Waals surface area contributed by atoms with Crippen molar-refractivity contribution in [3.63, 3.8) is 0 Å². The van der Waals surface area contributed by atoms with Crippen molar-refractivity contribution in [3.8, 4) is 0 Å². The number of thioether (sulfide) groups is 1. The zero-order chi connectivity index (χ0) is 19.9. The molecule has 0 radical (unpaired) electrons. The molecule has 1 aromatic heterocycles. The zero-order valence-electron chi connectivity index (χ0n) is 16.4. The Kier molecular flexibility index (Phi) is 6.60. The number of carbonyl (C=O) groups is 1. The molecule has 0 saturated carbocycles. The molecule has 0 aliphatic carbocycles. The molecule has 29 heavy (non-hydrogen) atoms. The number of carbonyl (C=O) groups excluding carboxylic acids is 1. The van der Waals surface area contributed by atoms with Gasteiger partial charge in [0.1, 0.15) is 0 Å². The molecule has 2 aromatic carbocycles. The standard InChI is InChI=1S/C24H25N3OS/c28-23(19-29-22-11-13-25-14-12-22)26-15-17-27(18-16-26)24(20-7-3-1-4-8-20)21-9-5-2-6-10-21/h1-14,24H,15-19H2. The van der Waals surface area contributed by atoms with Crippen molar-refractivity contribution >= 4 is 17.7 Å². The number of benzene rings is 2. The van der Waals surface area contributed by atoms with Crippen LogP contribution in [0.3, 0.4) is 0 Å². The van der Waals surface area contributed by atoms with Crippen LogP contribution in [0.25, 0.3) is 0 Å². The maximum Gasteiger partial charge on any atom is 0.233 e. The quantitative estimate of drug-likeness (QED) is 0.581. The first-order valence-electron chi connectivity index (χ1n) is 9.96. The number of piperazine rings is 1. The fourth-order valence-corrected chi connectivity index (χ4v) is 4.57. The van der Waals surface area contributed by atoms with Crippen LogP contribution in [0.2, 0.25) is 0 Å². The summed E-state index contributed by atoms with van der Waals surface area (Å²) in [6.07, 6.45) is 3.53. The number of amides is 1. The number of nitrogens with zero attached hydrogens (tertiary/aromatic N) is 3. The van der Waals surface area contributed by atoms with Gasteiger partial charge in [0, 0.05) is 43.5 Å². The lowest BCUT2D eigenvalue weighted by Crippen LogP contribution is -2.50. The van der Waals surface area contributed by atoms with E-state index in [-0.39, 0.29) is 11.9 Å². The third kappa shape index (κ3) is 5.05. The lowest BCUT2D eigenvalue weighted by Gasteiger charge is -2.39. The van der Waals surface area contributed by atoms with Gasteiger partial charge in [-0.3, -0.25) is 14.7 Å². The third-order valence-electron chi connectivity index (χ3n) is 5.27. The molecule has 1 saturated heterocycles. The van der Waals surface area contributed by atoms with E-state index in [1.165, 1.54) is 11.1 Å². The molecule has 1 amide bonds. The van der Waals surface area contributed by atoms with Crippen LogP contribution in [0.4, 0.5) is 0 Å². The first-order valence-corrected chi connectivity index (χ1v) is 10.9. The highest BCUT2D eigenvalue weighted by Crippen LogP contribution is 2.29. The molecule has 4 nitrogen and oxygen atoms in total. The molecule has 4 rings (SSSR count). The van der Waals surface area contributed by atoms with E-state index in [0.717, 1.165) is 31.1 Å². The molecule has 1 fully saturated rings. The van der Waals surface area contributed by atoms with Crippen molar-refractivity contribution in [2.45, 2.75) is 10.9 Å². The van der Waals surface area contributed by atoms with Gasteiger partial charge in [-0.2, -0.15) is 0 Å². The molecule has 0 spiro atoms. The highest BCUT2D eigenvalue weighted by molar-refractivity contribution is 8.00. The molecule has 1 aliphatic rings. The normalized spacial score (nSPS) is 14.9. The molecule has 2 heterocycles. The Hall–Kier alpha value is -2.63. The topological polar surface area (TPSA) is 36.4 Å². The van der Waals surface area contributed by atoms with Crippen LogP contribution in [-0.4, -0.2) is 52.6 Å². The minimum atomic E-state index is 0.211. The number of hydrogen-bond acceptors (Lipinski definition) is 4. The summed E-state index contributed by atoms with van der Waals surface area (Å²) in [6.45, 7) is 3.29. The Morgan fingerprint density at radius 3 is 1.93 bits per heavy atom. The predicted octanol–water partition coefficient (Wildman–Crippen LogP) is 4.11. The highest BCUT2D eigenvalue weighted by Gasteiger charge is 2.27. The van der Waals surface area contributed by atoms with Gasteiger partial charge >= 0.3 is 0 Å². The summed E-state index contributed by atoms with van der Waals surface area (Å²) in [7, 11) is 0. The largest absolute Gasteiger partial charge is 0.339 e. The molecule has 0 bridgehead atoms. The van der Waals surface area contributed by atoms with E-state index < -0.39 is 0 Å². The molecule has 0 atom stereocenters. The maximum atomic E-state index is 12.7. The average Bonchev–Trinajstić information content (AvgIpc) is 2.80. The molecule has 1 aliphatic heterocycles. The summed E-state index contributed by atoms with van der Waals surface area (Å²) >= 11 is 1.58. The third-order valence-corrected chi connectivity index (χ3v) is 6.27. The van der Waals surface area contributed by atoms with Gasteiger partial charge in [-0.15, -0.1) is 11.8 Å². The summed E-state index contributed by atoms with van der Waals surface area (Å²) in [5, 5.41) is 0. The predicted molar refractivity (Wildman–Crippen MR) is 118 cm³/mol. The maximum absolute atomic E-state index is 12.7. The van der Waals surface area contributed by atoms with Crippen LogP contribution < -0.4 is 0 Å². The van der Waals surface area contributed by atoms with Crippen molar-refractivity contribution in [3.05, 3.63) is 96.3 Å². The smallest absolute Gasteiger partial charge is 0.233 e. The Labute approximate surface area is 176 Å². The molecule has 5 heteroatoms. The number of aromatic nitrogens is 1. The lowest BCUT2D eigenvalue weighted by atomic mass is 9.96. The molecule has 148 valence electrons. The van der Waals surface area contributed by atoms with Gasteiger partial charge in [-0.05, 0) is 23.3 Å². The molecule has 3 aromatic rings. The van der Waals surface area contributed by atoms with E-state index in [1.807, 2.05) is 17.0 Å². The van der Waals surface area contributed by atoms with Crippen molar-refractivity contribution in [2.75, 3.05) is 31.9 Å². The summed E-state index contributed by atoms with van der Waals surface area (Å²) in [5.41, 5.74) is 2.60. The van der Waals surface area contributed by atoms with Crippen molar-refractivity contribution in [1.29, 1.82) is 0 Å². The number of rotatable bonds is 6. The minimum absolute atomic E-state index is 0.211. The molecule has 0 N–H and O–H groups in total. The zero-order valence-corrected chi connectivity index (χ0v) is 17.2. The molecular weight excluding hydrogens is 378 g/mol. The van der Waals surface area contributed by atoms with E-state index in [0.29, 0.717) is 5.75 Å². The second kappa shape index (κ2) is 9.72. The van der Waals surface area contributed by atoms with Crippen LogP contribution in [0.5, 0.6) is 0 Å². The summed E-state index contributed by atoms with van der Waals surface area (Å²) in [4.78, 5) is 22.3. The Balaban J connectivity index is 1.40. The first kappa shape index (κ1) is 19.7. The van der Waals surface area contributed by atoms with Gasteiger partial charge in [-0.25, -0.2) is 0 Å². The Bertz CT molecular complexity index is 858. The lowest BCUT2D eigenvalue weighted by molar-refractivity contribution is -0.130. The van der Waals surface area contributed by atoms with Gasteiger partial charge < -0.3 is 4.90 Å². The average molecular weight is 404 g/mol. The molecular formula is C24H25N3OS. The SMILES string of the molecule is O=C(CSc1ccncc1)N1CCN(C(c2ccccc2)c2ccccc2)CC1. The Morgan fingerprint density at radius 1 is 0.828 bits per heavy atom. The van der Waals surface area contributed by atoms with E-state index in [2.05, 4.69) is 70.5 Å². The van der Waals surface area contributed by atoms with Crippen molar-refractivity contribution in [2.24, 2.45) is 0 Å². The van der Waals surface area contributed by atoms with E-state index in [1.54, 1.807) is 24.2 Å². The van der Waals surface area contributed by atoms with Gasteiger partial charge in [0.2, 0.25) is 5.91 Å². The number of hydrogen-bond donors (Lipinski definition) is 0. The van der Waals surface area contributed by atoms with Crippen LogP contribution in [0.1, 0.15) is 17.2 Å². The summed E-state index contributed by atoms with van der Waals surface area (Å²) in [5.74, 6) is 0.688. The van der Waals surface area contributed by atoms with E-state index in [4.69, 9.17) is 0 Å². The molecule has 0 unspecified atom stereocenters. The van der Waals surface area contributed by atoms with Crippen molar-refractivity contribution < 1.29 is 4.79 Å². The number of pyridine rings is 1. The van der Waals surface area contributed by atoms with Gasteiger partial charge in [0.05, 0.1) is 11.8 Å². The van der Waals surface area contributed by atoms with Gasteiger partial charge in [0.25, 0.3) is 0 Å². The van der Waals surface area contributed by atoms with Crippen molar-refractivity contribution in [1.82, 2.24) is 14.8 Å². The van der Waals surface area contributed by atoms with E-state index >= 15 is 0 Å². The fourth-order valence-electron chi connectivity index (χ4n) is 3.79. The van der Waals surface area contributed by atoms with E-state index in [9.17, 15) is 4.79 Å². The fraction of sp³-hybridized carbons (Fsp3) is 0.250. The minimum Gasteiger partial charge on any atom is -0.339 e. The van der Waals surface area contributed by atoms with Gasteiger partial charge in [0.15, 0.2) is 0 Å². The highest BCUT2D eigenvalue weighted by atomic mass is 32.2. The van der Waals surface area contributed by atoms with Gasteiger partial charge in [-0.1, -0.05) is 60.7 Å².